The van der Waals surface area contributed by atoms with Crippen molar-refractivity contribution in [2.45, 2.75) is 11.5 Å². The number of carbonyl (C=O) groups excluding carboxylic acids is 1. The van der Waals surface area contributed by atoms with Crippen molar-refractivity contribution in [2.75, 3.05) is 12.0 Å². The van der Waals surface area contributed by atoms with Gasteiger partial charge in [-0.25, -0.2) is 14.8 Å². The molecule has 3 rings (SSSR count). The maximum absolute atomic E-state index is 12.1. The van der Waals surface area contributed by atoms with Crippen molar-refractivity contribution in [3.8, 4) is 0 Å². The number of benzene rings is 2. The number of esters is 1. The lowest BCUT2D eigenvalue weighted by molar-refractivity contribution is 0.0462. The molecular formula is C17H15N3O3S. The highest BCUT2D eigenvalue weighted by Crippen LogP contribution is 2.17. The molecule has 0 saturated heterocycles. The van der Waals surface area contributed by atoms with Crippen LogP contribution in [0.25, 0.3) is 10.9 Å². The van der Waals surface area contributed by atoms with Crippen LogP contribution in [0.15, 0.2) is 53.4 Å². The second kappa shape index (κ2) is 6.76. The molecule has 6 nitrogen and oxygen atoms in total. The molecule has 1 atom stereocenters. The van der Waals surface area contributed by atoms with E-state index < -0.39 is 16.8 Å². The van der Waals surface area contributed by atoms with Crippen LogP contribution < -0.4 is 5.73 Å². The van der Waals surface area contributed by atoms with E-state index in [1.54, 1.807) is 30.5 Å². The summed E-state index contributed by atoms with van der Waals surface area (Å²) in [4.78, 5) is 21.2. The van der Waals surface area contributed by atoms with Gasteiger partial charge in [0.2, 0.25) is 0 Å². The molecule has 0 fully saturated rings. The first-order valence-electron chi connectivity index (χ1n) is 7.16. The molecule has 0 radical (unpaired) electrons. The minimum absolute atomic E-state index is 0.0741. The zero-order valence-electron chi connectivity index (χ0n) is 12.9. The summed E-state index contributed by atoms with van der Waals surface area (Å²) in [6.07, 6.45) is 1.58. The average Bonchev–Trinajstić information content (AvgIpc) is 2.60. The van der Waals surface area contributed by atoms with Gasteiger partial charge in [-0.3, -0.25) is 4.21 Å². The van der Waals surface area contributed by atoms with Gasteiger partial charge in [-0.2, -0.15) is 0 Å². The normalized spacial score (nSPS) is 12.0. The van der Waals surface area contributed by atoms with Crippen LogP contribution in [0.2, 0.25) is 0 Å². The molecule has 1 heterocycles. The van der Waals surface area contributed by atoms with Gasteiger partial charge in [0.05, 0.1) is 11.1 Å². The summed E-state index contributed by atoms with van der Waals surface area (Å²) in [6, 6.07) is 13.8. The van der Waals surface area contributed by atoms with Gasteiger partial charge < -0.3 is 10.5 Å². The zero-order chi connectivity index (χ0) is 17.1. The van der Waals surface area contributed by atoms with E-state index in [4.69, 9.17) is 10.5 Å². The van der Waals surface area contributed by atoms with Crippen LogP contribution in [-0.2, 0) is 22.1 Å². The number of rotatable bonds is 4. The Morgan fingerprint density at radius 2 is 1.83 bits per heavy atom. The summed E-state index contributed by atoms with van der Waals surface area (Å²) in [6.45, 7) is -0.0741. The topological polar surface area (TPSA) is 95.2 Å². The Morgan fingerprint density at radius 3 is 2.54 bits per heavy atom. The van der Waals surface area contributed by atoms with Crippen molar-refractivity contribution >= 4 is 33.5 Å². The molecule has 0 amide bonds. The molecule has 0 aliphatic rings. The molecule has 3 aromatic rings. The van der Waals surface area contributed by atoms with E-state index in [2.05, 4.69) is 9.97 Å². The number of nitrogens with zero attached hydrogens (tertiary/aromatic N) is 2. The Hall–Kier alpha value is -2.80. The highest BCUT2D eigenvalue weighted by Gasteiger charge is 2.11. The predicted molar refractivity (Wildman–Crippen MR) is 91.8 cm³/mol. The molecule has 0 aliphatic carbocycles. The van der Waals surface area contributed by atoms with E-state index in [-0.39, 0.29) is 6.61 Å². The summed E-state index contributed by atoms with van der Waals surface area (Å²) in [5, 5.41) is 0.760. The largest absolute Gasteiger partial charge is 0.454 e. The van der Waals surface area contributed by atoms with Crippen molar-refractivity contribution in [1.82, 2.24) is 9.97 Å². The fraction of sp³-hybridized carbons (Fsp3) is 0.118. The minimum Gasteiger partial charge on any atom is -0.454 e. The first-order chi connectivity index (χ1) is 11.5. The summed E-state index contributed by atoms with van der Waals surface area (Å²) in [5.41, 5.74) is 6.97. The smallest absolute Gasteiger partial charge is 0.338 e. The quantitative estimate of drug-likeness (QED) is 0.732. The Morgan fingerprint density at radius 1 is 1.12 bits per heavy atom. The highest BCUT2D eigenvalue weighted by molar-refractivity contribution is 7.84. The van der Waals surface area contributed by atoms with E-state index in [0.29, 0.717) is 27.6 Å². The fourth-order valence-corrected chi connectivity index (χ4v) is 2.73. The van der Waals surface area contributed by atoms with Crippen LogP contribution in [0.4, 0.5) is 5.82 Å². The zero-order valence-corrected chi connectivity index (χ0v) is 13.7. The first kappa shape index (κ1) is 16.1. The molecule has 0 spiro atoms. The number of carbonyl (C=O) groups is 1. The van der Waals surface area contributed by atoms with Crippen LogP contribution in [0.3, 0.4) is 0 Å². The van der Waals surface area contributed by atoms with Gasteiger partial charge in [0.1, 0.15) is 5.82 Å². The molecule has 0 saturated carbocycles. The van der Waals surface area contributed by atoms with E-state index >= 15 is 0 Å². The molecular weight excluding hydrogens is 326 g/mol. The molecule has 2 N–H and O–H groups in total. The van der Waals surface area contributed by atoms with Crippen LogP contribution in [0.1, 0.15) is 16.2 Å². The highest BCUT2D eigenvalue weighted by atomic mass is 32.2. The van der Waals surface area contributed by atoms with Gasteiger partial charge in [0.15, 0.2) is 12.4 Å². The predicted octanol–water partition coefficient (Wildman–Crippen LogP) is 2.31. The first-order valence-corrected chi connectivity index (χ1v) is 8.72. The number of nitrogens with two attached hydrogens (primary N) is 1. The average molecular weight is 341 g/mol. The Kier molecular flexibility index (Phi) is 4.52. The molecule has 0 aliphatic heterocycles. The second-order valence-electron chi connectivity index (χ2n) is 5.10. The standard InChI is InChI=1S/C17H15N3O3S/c1-24(22)12-8-6-11(7-9-12)17(21)23-10-15-19-14-5-3-2-4-13(14)16(18)20-15/h2-9H,10H2,1H3,(H2,18,19,20). The van der Waals surface area contributed by atoms with Gasteiger partial charge in [0, 0.05) is 27.3 Å². The third-order valence-electron chi connectivity index (χ3n) is 3.43. The van der Waals surface area contributed by atoms with Gasteiger partial charge >= 0.3 is 5.97 Å². The molecule has 1 aromatic heterocycles. The van der Waals surface area contributed by atoms with Crippen molar-refractivity contribution in [3.05, 3.63) is 59.9 Å². The molecule has 0 bridgehead atoms. The minimum atomic E-state index is -1.09. The number of hydrogen-bond donors (Lipinski definition) is 1. The number of nitrogen functional groups attached to an aromatic ring is 1. The van der Waals surface area contributed by atoms with Crippen LogP contribution in [-0.4, -0.2) is 26.4 Å². The van der Waals surface area contributed by atoms with E-state index in [1.807, 2.05) is 24.3 Å². The van der Waals surface area contributed by atoms with Gasteiger partial charge in [0.25, 0.3) is 0 Å². The molecule has 1 unspecified atom stereocenters. The van der Waals surface area contributed by atoms with Gasteiger partial charge in [-0.1, -0.05) is 12.1 Å². The SMILES string of the molecule is CS(=O)c1ccc(C(=O)OCc2nc(N)c3ccccc3n2)cc1. The lowest BCUT2D eigenvalue weighted by Crippen LogP contribution is -2.09. The molecule has 24 heavy (non-hydrogen) atoms. The number of para-hydroxylation sites is 1. The summed E-state index contributed by atoms with van der Waals surface area (Å²) in [5.74, 6) is 0.186. The second-order valence-corrected chi connectivity index (χ2v) is 6.48. The lowest BCUT2D eigenvalue weighted by atomic mass is 10.2. The van der Waals surface area contributed by atoms with E-state index in [0.717, 1.165) is 5.39 Å². The number of hydrogen-bond acceptors (Lipinski definition) is 6. The third kappa shape index (κ3) is 3.41. The third-order valence-corrected chi connectivity index (χ3v) is 4.37. The van der Waals surface area contributed by atoms with Crippen LogP contribution in [0.5, 0.6) is 0 Å². The van der Waals surface area contributed by atoms with Crippen LogP contribution in [0, 0.1) is 0 Å². The maximum Gasteiger partial charge on any atom is 0.338 e. The van der Waals surface area contributed by atoms with Crippen molar-refractivity contribution < 1.29 is 13.7 Å². The Balaban J connectivity index is 1.73. The molecule has 122 valence electrons. The van der Waals surface area contributed by atoms with Gasteiger partial charge in [-0.05, 0) is 36.4 Å². The van der Waals surface area contributed by atoms with Crippen molar-refractivity contribution in [3.63, 3.8) is 0 Å². The number of fused-ring (bicyclic) bond motifs is 1. The Bertz CT molecular complexity index is 926. The molecule has 7 heteroatoms. The fourth-order valence-electron chi connectivity index (χ4n) is 2.21. The lowest BCUT2D eigenvalue weighted by Gasteiger charge is -2.07. The monoisotopic (exact) mass is 341 g/mol. The molecule has 2 aromatic carbocycles. The summed E-state index contributed by atoms with van der Waals surface area (Å²) >= 11 is 0. The number of ether oxygens (including phenoxy) is 1. The Labute approximate surface area is 141 Å². The van der Waals surface area contributed by atoms with Crippen LogP contribution >= 0.6 is 0 Å². The van der Waals surface area contributed by atoms with Gasteiger partial charge in [-0.15, -0.1) is 0 Å². The summed E-state index contributed by atoms with van der Waals surface area (Å²) in [7, 11) is -1.09. The maximum atomic E-state index is 12.1. The van der Waals surface area contributed by atoms with Crippen molar-refractivity contribution in [1.29, 1.82) is 0 Å². The van der Waals surface area contributed by atoms with E-state index in [9.17, 15) is 9.00 Å². The van der Waals surface area contributed by atoms with E-state index in [1.165, 1.54) is 0 Å². The summed E-state index contributed by atoms with van der Waals surface area (Å²) < 4.78 is 16.6. The number of aromatic nitrogens is 2. The van der Waals surface area contributed by atoms with Crippen molar-refractivity contribution in [2.24, 2.45) is 0 Å². The number of anilines is 1.